The van der Waals surface area contributed by atoms with Gasteiger partial charge in [-0.2, -0.15) is 0 Å². The van der Waals surface area contributed by atoms with Gasteiger partial charge in [0.15, 0.2) is 0 Å². The maximum absolute atomic E-state index is 12.4. The monoisotopic (exact) mass is 268 g/mol. The average Bonchev–Trinajstić information content (AvgIpc) is 2.56. The van der Waals surface area contributed by atoms with Crippen molar-refractivity contribution in [3.8, 4) is 0 Å². The summed E-state index contributed by atoms with van der Waals surface area (Å²) in [5.41, 5.74) is 6.61. The lowest BCUT2D eigenvalue weighted by atomic mass is 10.1. The second-order valence-corrected chi connectivity index (χ2v) is 4.87. The summed E-state index contributed by atoms with van der Waals surface area (Å²) in [4.78, 5) is 14.2. The van der Waals surface area contributed by atoms with Gasteiger partial charge >= 0.3 is 0 Å². The van der Waals surface area contributed by atoms with Gasteiger partial charge in [0.1, 0.15) is 0 Å². The van der Waals surface area contributed by atoms with Gasteiger partial charge in [-0.25, -0.2) is 0 Å². The normalized spacial score (nSPS) is 20.6. The van der Waals surface area contributed by atoms with Crippen molar-refractivity contribution in [1.82, 2.24) is 4.90 Å². The highest BCUT2D eigenvalue weighted by Crippen LogP contribution is 2.24. The Morgan fingerprint density at radius 3 is 3.11 bits per heavy atom. The van der Waals surface area contributed by atoms with Crippen molar-refractivity contribution < 1.29 is 9.53 Å². The number of carbonyl (C=O) groups excluding carboxylic acids is 1. The van der Waals surface area contributed by atoms with E-state index in [0.717, 1.165) is 6.42 Å². The first-order chi connectivity index (χ1) is 8.59. The van der Waals surface area contributed by atoms with Crippen molar-refractivity contribution in [2.24, 2.45) is 0 Å². The summed E-state index contributed by atoms with van der Waals surface area (Å²) in [6.07, 6.45) is 0.895. The second kappa shape index (κ2) is 5.59. The Bertz CT molecular complexity index is 451. The van der Waals surface area contributed by atoms with Crippen LogP contribution in [0, 0.1) is 0 Å². The SMILES string of the molecule is CC1CN(C(=O)c2cccc(N)c2Cl)CCCO1. The van der Waals surface area contributed by atoms with Gasteiger partial charge in [0.25, 0.3) is 5.91 Å². The fraction of sp³-hybridized carbons (Fsp3) is 0.462. The summed E-state index contributed by atoms with van der Waals surface area (Å²) in [6.45, 7) is 3.93. The molecule has 1 aromatic rings. The summed E-state index contributed by atoms with van der Waals surface area (Å²) in [5.74, 6) is -0.0790. The fourth-order valence-corrected chi connectivity index (χ4v) is 2.27. The van der Waals surface area contributed by atoms with Crippen LogP contribution < -0.4 is 5.73 Å². The molecule has 0 bridgehead atoms. The molecule has 1 saturated heterocycles. The molecule has 0 aromatic heterocycles. The number of hydrogen-bond donors (Lipinski definition) is 1. The quantitative estimate of drug-likeness (QED) is 0.794. The number of carbonyl (C=O) groups is 1. The Kier molecular flexibility index (Phi) is 4.09. The van der Waals surface area contributed by atoms with Crippen LogP contribution in [0.1, 0.15) is 23.7 Å². The molecule has 1 aliphatic heterocycles. The molecule has 18 heavy (non-hydrogen) atoms. The van der Waals surface area contributed by atoms with Crippen molar-refractivity contribution >= 4 is 23.2 Å². The second-order valence-electron chi connectivity index (χ2n) is 4.49. The number of rotatable bonds is 1. The Morgan fingerprint density at radius 2 is 2.33 bits per heavy atom. The Labute approximate surface area is 112 Å². The number of amides is 1. The summed E-state index contributed by atoms with van der Waals surface area (Å²) in [6, 6.07) is 5.14. The highest BCUT2D eigenvalue weighted by atomic mass is 35.5. The highest BCUT2D eigenvalue weighted by Gasteiger charge is 2.23. The van der Waals surface area contributed by atoms with E-state index in [1.807, 2.05) is 6.92 Å². The van der Waals surface area contributed by atoms with E-state index in [4.69, 9.17) is 22.1 Å². The first-order valence-electron chi connectivity index (χ1n) is 6.04. The minimum atomic E-state index is -0.0790. The van der Waals surface area contributed by atoms with Gasteiger partial charge in [-0.15, -0.1) is 0 Å². The van der Waals surface area contributed by atoms with Gasteiger partial charge in [-0.05, 0) is 25.5 Å². The maximum atomic E-state index is 12.4. The van der Waals surface area contributed by atoms with Crippen molar-refractivity contribution in [2.45, 2.75) is 19.4 Å². The Hall–Kier alpha value is -1.26. The zero-order valence-electron chi connectivity index (χ0n) is 10.4. The highest BCUT2D eigenvalue weighted by molar-refractivity contribution is 6.36. The van der Waals surface area contributed by atoms with Crippen molar-refractivity contribution in [3.63, 3.8) is 0 Å². The fourth-order valence-electron chi connectivity index (χ4n) is 2.06. The minimum absolute atomic E-state index is 0.0521. The van der Waals surface area contributed by atoms with E-state index in [1.165, 1.54) is 0 Å². The van der Waals surface area contributed by atoms with Gasteiger partial charge in [0, 0.05) is 19.7 Å². The van der Waals surface area contributed by atoms with Crippen molar-refractivity contribution in [1.29, 1.82) is 0 Å². The first-order valence-corrected chi connectivity index (χ1v) is 6.42. The van der Waals surface area contributed by atoms with Crippen LogP contribution in [0.4, 0.5) is 5.69 Å². The molecule has 4 nitrogen and oxygen atoms in total. The summed E-state index contributed by atoms with van der Waals surface area (Å²) in [7, 11) is 0. The molecule has 0 spiro atoms. The molecule has 0 saturated carbocycles. The van der Waals surface area contributed by atoms with E-state index in [2.05, 4.69) is 0 Å². The number of anilines is 1. The minimum Gasteiger partial charge on any atom is -0.398 e. The van der Waals surface area contributed by atoms with Crippen LogP contribution in [0.3, 0.4) is 0 Å². The van der Waals surface area contributed by atoms with Gasteiger partial charge in [0.2, 0.25) is 0 Å². The lowest BCUT2D eigenvalue weighted by molar-refractivity contribution is 0.0563. The predicted molar refractivity (Wildman–Crippen MR) is 71.8 cm³/mol. The van der Waals surface area contributed by atoms with Crippen LogP contribution in [0.5, 0.6) is 0 Å². The third-order valence-corrected chi connectivity index (χ3v) is 3.42. The zero-order chi connectivity index (χ0) is 13.1. The molecule has 0 aliphatic carbocycles. The largest absolute Gasteiger partial charge is 0.398 e. The van der Waals surface area contributed by atoms with Crippen LogP contribution in [-0.2, 0) is 4.74 Å². The molecule has 1 aliphatic rings. The molecular formula is C13H17ClN2O2. The van der Waals surface area contributed by atoms with Crippen molar-refractivity contribution in [2.75, 3.05) is 25.4 Å². The number of nitrogens with zero attached hydrogens (tertiary/aromatic N) is 1. The summed E-state index contributed by atoms with van der Waals surface area (Å²) in [5, 5.41) is 0.334. The lowest BCUT2D eigenvalue weighted by Crippen LogP contribution is -2.36. The Balaban J connectivity index is 2.22. The predicted octanol–water partition coefficient (Wildman–Crippen LogP) is 2.17. The molecule has 98 valence electrons. The lowest BCUT2D eigenvalue weighted by Gasteiger charge is -2.22. The molecule has 5 heteroatoms. The van der Waals surface area contributed by atoms with E-state index in [9.17, 15) is 4.79 Å². The van der Waals surface area contributed by atoms with Crippen LogP contribution >= 0.6 is 11.6 Å². The number of nitrogens with two attached hydrogens (primary N) is 1. The van der Waals surface area contributed by atoms with E-state index in [0.29, 0.717) is 36.0 Å². The molecule has 1 aromatic carbocycles. The third-order valence-electron chi connectivity index (χ3n) is 3.00. The maximum Gasteiger partial charge on any atom is 0.255 e. The molecule has 2 N–H and O–H groups in total. The molecule has 1 amide bonds. The van der Waals surface area contributed by atoms with Crippen LogP contribution in [0.2, 0.25) is 5.02 Å². The molecule has 0 radical (unpaired) electrons. The number of hydrogen-bond acceptors (Lipinski definition) is 3. The van der Waals surface area contributed by atoms with Gasteiger partial charge in [-0.1, -0.05) is 17.7 Å². The standard InChI is InChI=1S/C13H17ClN2O2/c1-9-8-16(6-3-7-18-9)13(17)10-4-2-5-11(15)12(10)14/h2,4-5,9H,3,6-8,15H2,1H3. The van der Waals surface area contributed by atoms with Gasteiger partial charge in [-0.3, -0.25) is 4.79 Å². The van der Waals surface area contributed by atoms with E-state index in [1.54, 1.807) is 23.1 Å². The molecule has 1 unspecified atom stereocenters. The first kappa shape index (κ1) is 13.2. The van der Waals surface area contributed by atoms with Crippen LogP contribution in [-0.4, -0.2) is 36.6 Å². The topological polar surface area (TPSA) is 55.6 Å². The van der Waals surface area contributed by atoms with Crippen LogP contribution in [0.15, 0.2) is 18.2 Å². The number of halogens is 1. The molecule has 1 heterocycles. The summed E-state index contributed by atoms with van der Waals surface area (Å²) >= 11 is 6.08. The molecular weight excluding hydrogens is 252 g/mol. The van der Waals surface area contributed by atoms with Gasteiger partial charge in [0.05, 0.1) is 22.4 Å². The number of benzene rings is 1. The van der Waals surface area contributed by atoms with Crippen molar-refractivity contribution in [3.05, 3.63) is 28.8 Å². The number of nitrogen functional groups attached to an aromatic ring is 1. The smallest absolute Gasteiger partial charge is 0.255 e. The molecule has 1 atom stereocenters. The van der Waals surface area contributed by atoms with E-state index in [-0.39, 0.29) is 12.0 Å². The number of ether oxygens (including phenoxy) is 1. The van der Waals surface area contributed by atoms with Crippen LogP contribution in [0.25, 0.3) is 0 Å². The van der Waals surface area contributed by atoms with E-state index < -0.39 is 0 Å². The summed E-state index contributed by atoms with van der Waals surface area (Å²) < 4.78 is 5.52. The third kappa shape index (κ3) is 2.76. The Morgan fingerprint density at radius 1 is 1.56 bits per heavy atom. The zero-order valence-corrected chi connectivity index (χ0v) is 11.1. The van der Waals surface area contributed by atoms with E-state index >= 15 is 0 Å². The average molecular weight is 269 g/mol. The molecule has 1 fully saturated rings. The molecule has 2 rings (SSSR count). The van der Waals surface area contributed by atoms with Gasteiger partial charge < -0.3 is 15.4 Å².